The summed E-state index contributed by atoms with van der Waals surface area (Å²) in [4.78, 5) is 13.0. The van der Waals surface area contributed by atoms with Gasteiger partial charge in [-0.3, -0.25) is 9.20 Å². The van der Waals surface area contributed by atoms with Crippen molar-refractivity contribution in [2.24, 2.45) is 0 Å². The topological polar surface area (TPSA) is 77.8 Å². The molecule has 0 radical (unpaired) electrons. The molecule has 0 saturated carbocycles. The highest BCUT2D eigenvalue weighted by Gasteiger charge is 2.21. The molecule has 1 amide bonds. The van der Waals surface area contributed by atoms with Crippen molar-refractivity contribution >= 4 is 23.3 Å². The number of nitrogens with zero attached hydrogens (tertiary/aromatic N) is 3. The number of fused-ring (bicyclic) bond motifs is 1. The predicted molar refractivity (Wildman–Crippen MR) is 115 cm³/mol. The number of pyridine rings is 1. The maximum atomic E-state index is 13.0. The summed E-state index contributed by atoms with van der Waals surface area (Å²) < 4.78 is 13.0. The summed E-state index contributed by atoms with van der Waals surface area (Å²) in [5, 5.41) is 11.6. The van der Waals surface area contributed by atoms with Gasteiger partial charge in [0.2, 0.25) is 0 Å². The van der Waals surface area contributed by atoms with Crippen molar-refractivity contribution in [2.45, 2.75) is 32.4 Å². The molecule has 8 heteroatoms. The van der Waals surface area contributed by atoms with E-state index in [1.54, 1.807) is 37.1 Å². The first-order valence-corrected chi connectivity index (χ1v) is 10.9. The van der Waals surface area contributed by atoms with Gasteiger partial charge in [0.1, 0.15) is 0 Å². The third-order valence-electron chi connectivity index (χ3n) is 4.36. The lowest BCUT2D eigenvalue weighted by atomic mass is 10.1. The Kier molecular flexibility index (Phi) is 6.98. The normalized spacial score (nSPS) is 12.2. The number of nitrogens with one attached hydrogen (secondary N) is 1. The zero-order valence-electron chi connectivity index (χ0n) is 17.1. The maximum absolute atomic E-state index is 13.0. The van der Waals surface area contributed by atoms with Crippen LogP contribution in [0.25, 0.3) is 5.65 Å². The van der Waals surface area contributed by atoms with Gasteiger partial charge >= 0.3 is 0 Å². The van der Waals surface area contributed by atoms with Gasteiger partial charge in [0, 0.05) is 11.8 Å². The number of carbonyl (C=O) groups excluding carboxylic acids is 1. The zero-order valence-corrected chi connectivity index (χ0v) is 17.9. The molecule has 1 N–H and O–H groups in total. The number of thioether (sulfide) groups is 1. The summed E-state index contributed by atoms with van der Waals surface area (Å²) in [6.45, 7) is 3.89. The lowest BCUT2D eigenvalue weighted by molar-refractivity contribution is 0.0933. The second kappa shape index (κ2) is 9.65. The Morgan fingerprint density at radius 3 is 2.76 bits per heavy atom. The van der Waals surface area contributed by atoms with Crippen LogP contribution in [0.15, 0.2) is 42.6 Å². The van der Waals surface area contributed by atoms with Gasteiger partial charge in [0.05, 0.1) is 19.3 Å². The highest BCUT2D eigenvalue weighted by Crippen LogP contribution is 2.29. The largest absolute Gasteiger partial charge is 0.493 e. The van der Waals surface area contributed by atoms with Gasteiger partial charge in [0.15, 0.2) is 23.0 Å². The van der Waals surface area contributed by atoms with Crippen LogP contribution in [0.2, 0.25) is 0 Å². The SMILES string of the molecule is COc1cc(C(=O)NC(CCSC)c2nnc3ccccn23)ccc1OC(C)C. The van der Waals surface area contributed by atoms with E-state index in [0.29, 0.717) is 17.1 Å². The molecule has 0 bridgehead atoms. The molecule has 154 valence electrons. The zero-order chi connectivity index (χ0) is 20.8. The summed E-state index contributed by atoms with van der Waals surface area (Å²) in [6, 6.07) is 10.7. The minimum atomic E-state index is -0.259. The number of carbonyl (C=O) groups is 1. The lowest BCUT2D eigenvalue weighted by Crippen LogP contribution is -2.30. The van der Waals surface area contributed by atoms with E-state index in [2.05, 4.69) is 15.5 Å². The number of benzene rings is 1. The van der Waals surface area contributed by atoms with Crippen LogP contribution in [-0.4, -0.2) is 45.7 Å². The van der Waals surface area contributed by atoms with Crippen molar-refractivity contribution in [3.63, 3.8) is 0 Å². The van der Waals surface area contributed by atoms with Gasteiger partial charge in [-0.2, -0.15) is 11.8 Å². The number of hydrogen-bond donors (Lipinski definition) is 1. The fourth-order valence-electron chi connectivity index (χ4n) is 3.00. The number of aromatic nitrogens is 3. The fourth-order valence-corrected chi connectivity index (χ4v) is 3.47. The smallest absolute Gasteiger partial charge is 0.252 e. The minimum absolute atomic E-state index is 0.0146. The molecule has 3 aromatic rings. The summed E-state index contributed by atoms with van der Waals surface area (Å²) in [5.74, 6) is 2.55. The highest BCUT2D eigenvalue weighted by atomic mass is 32.2. The molecule has 2 aromatic heterocycles. The van der Waals surface area contributed by atoms with Crippen molar-refractivity contribution in [3.05, 3.63) is 54.0 Å². The molecule has 3 rings (SSSR count). The monoisotopic (exact) mass is 414 g/mol. The van der Waals surface area contributed by atoms with Crippen molar-refractivity contribution in [2.75, 3.05) is 19.1 Å². The Morgan fingerprint density at radius 1 is 1.21 bits per heavy atom. The van der Waals surface area contributed by atoms with E-state index in [-0.39, 0.29) is 18.1 Å². The Labute approximate surface area is 174 Å². The molecule has 1 atom stereocenters. The van der Waals surface area contributed by atoms with Crippen molar-refractivity contribution in [1.29, 1.82) is 0 Å². The van der Waals surface area contributed by atoms with Crippen molar-refractivity contribution in [1.82, 2.24) is 19.9 Å². The first-order valence-electron chi connectivity index (χ1n) is 9.47. The third kappa shape index (κ3) is 5.00. The summed E-state index contributed by atoms with van der Waals surface area (Å²) in [7, 11) is 1.56. The van der Waals surface area contributed by atoms with E-state index >= 15 is 0 Å². The van der Waals surface area contributed by atoms with E-state index < -0.39 is 0 Å². The van der Waals surface area contributed by atoms with Gasteiger partial charge in [0.25, 0.3) is 5.91 Å². The number of methoxy groups -OCH3 is 1. The van der Waals surface area contributed by atoms with Crippen LogP contribution in [0.1, 0.15) is 42.5 Å². The summed E-state index contributed by atoms with van der Waals surface area (Å²) in [6.07, 6.45) is 4.71. The molecular formula is C21H26N4O3S. The Morgan fingerprint density at radius 2 is 2.03 bits per heavy atom. The molecule has 0 aliphatic heterocycles. The molecular weight excluding hydrogens is 388 g/mol. The number of ether oxygens (including phenoxy) is 2. The molecule has 2 heterocycles. The van der Waals surface area contributed by atoms with E-state index in [9.17, 15) is 4.79 Å². The molecule has 0 spiro atoms. The Bertz CT molecular complexity index is 973. The molecule has 0 fully saturated rings. The maximum Gasteiger partial charge on any atom is 0.252 e. The van der Waals surface area contributed by atoms with Crippen molar-refractivity contribution in [3.8, 4) is 11.5 Å². The van der Waals surface area contributed by atoms with Gasteiger partial charge in [-0.25, -0.2) is 0 Å². The Hall–Kier alpha value is -2.74. The lowest BCUT2D eigenvalue weighted by Gasteiger charge is -2.18. The second-order valence-corrected chi connectivity index (χ2v) is 7.81. The summed E-state index contributed by atoms with van der Waals surface area (Å²) >= 11 is 1.72. The molecule has 1 unspecified atom stereocenters. The average Bonchev–Trinajstić information content (AvgIpc) is 3.15. The first kappa shape index (κ1) is 21.0. The second-order valence-electron chi connectivity index (χ2n) is 6.83. The molecule has 0 aliphatic rings. The number of rotatable bonds is 9. The van der Waals surface area contributed by atoms with Crippen LogP contribution < -0.4 is 14.8 Å². The standard InChI is InChI=1S/C21H26N4O3S/c1-14(2)28-17-9-8-15(13-18(17)27-3)21(26)22-16(10-12-29-4)20-24-23-19-7-5-6-11-25(19)20/h5-9,11,13-14,16H,10,12H2,1-4H3,(H,22,26). The predicted octanol–water partition coefficient (Wildman–Crippen LogP) is 3.75. The van der Waals surface area contributed by atoms with Crippen LogP contribution in [0.3, 0.4) is 0 Å². The molecule has 0 aliphatic carbocycles. The van der Waals surface area contributed by atoms with Crippen LogP contribution in [0, 0.1) is 0 Å². The highest BCUT2D eigenvalue weighted by molar-refractivity contribution is 7.98. The van der Waals surface area contributed by atoms with Gasteiger partial charge in [-0.15, -0.1) is 10.2 Å². The number of amides is 1. The van der Waals surface area contributed by atoms with Crippen LogP contribution in [0.5, 0.6) is 11.5 Å². The van der Waals surface area contributed by atoms with Crippen LogP contribution in [-0.2, 0) is 0 Å². The molecule has 7 nitrogen and oxygen atoms in total. The van der Waals surface area contributed by atoms with Gasteiger partial charge in [-0.05, 0) is 62.6 Å². The Balaban J connectivity index is 1.85. The molecule has 0 saturated heterocycles. The van der Waals surface area contributed by atoms with Crippen molar-refractivity contribution < 1.29 is 14.3 Å². The van der Waals surface area contributed by atoms with E-state index in [1.165, 1.54) is 0 Å². The van der Waals surface area contributed by atoms with Crippen LogP contribution >= 0.6 is 11.8 Å². The summed E-state index contributed by atoms with van der Waals surface area (Å²) in [5.41, 5.74) is 1.25. The average molecular weight is 415 g/mol. The molecule has 29 heavy (non-hydrogen) atoms. The number of hydrogen-bond acceptors (Lipinski definition) is 6. The first-order chi connectivity index (χ1) is 14.0. The fraction of sp³-hybridized carbons (Fsp3) is 0.381. The van der Waals surface area contributed by atoms with E-state index in [0.717, 1.165) is 23.6 Å². The quantitative estimate of drug-likeness (QED) is 0.575. The van der Waals surface area contributed by atoms with E-state index in [1.807, 2.05) is 48.9 Å². The molecule has 1 aromatic carbocycles. The van der Waals surface area contributed by atoms with E-state index in [4.69, 9.17) is 9.47 Å². The van der Waals surface area contributed by atoms with Gasteiger partial charge in [-0.1, -0.05) is 6.07 Å². The third-order valence-corrected chi connectivity index (χ3v) is 5.00. The minimum Gasteiger partial charge on any atom is -0.493 e. The van der Waals surface area contributed by atoms with Crippen LogP contribution in [0.4, 0.5) is 0 Å². The van der Waals surface area contributed by atoms with Gasteiger partial charge < -0.3 is 14.8 Å².